The van der Waals surface area contributed by atoms with Gasteiger partial charge in [-0.25, -0.2) is 8.42 Å². The lowest BCUT2D eigenvalue weighted by Crippen LogP contribution is -2.40. The van der Waals surface area contributed by atoms with Crippen LogP contribution in [-0.4, -0.2) is 58.0 Å². The van der Waals surface area contributed by atoms with E-state index in [1.54, 1.807) is 12.1 Å². The minimum absolute atomic E-state index is 0.0551. The van der Waals surface area contributed by atoms with Gasteiger partial charge < -0.3 is 15.0 Å². The molecule has 30 heavy (non-hydrogen) atoms. The standard InChI is InChI=1S/C22H35N3O4S/c1-2-3-6-9-22(26)23-20-18-19(30(27,28)25-14-16-29-17-15-25)10-11-21(20)24-12-7-4-5-8-13-24/h10-11,18H,2-9,12-17H2,1H3,(H,23,26). The maximum absolute atomic E-state index is 13.1. The van der Waals surface area contributed by atoms with Crippen molar-refractivity contribution in [3.8, 4) is 0 Å². The van der Waals surface area contributed by atoms with Crippen LogP contribution in [0, 0.1) is 0 Å². The molecule has 168 valence electrons. The zero-order valence-corrected chi connectivity index (χ0v) is 18.9. The van der Waals surface area contributed by atoms with Crippen molar-refractivity contribution in [1.29, 1.82) is 0 Å². The zero-order valence-electron chi connectivity index (χ0n) is 18.1. The van der Waals surface area contributed by atoms with Crippen LogP contribution in [0.1, 0.15) is 58.3 Å². The minimum atomic E-state index is -3.61. The molecule has 2 fully saturated rings. The summed E-state index contributed by atoms with van der Waals surface area (Å²) in [6.07, 6.45) is 7.99. The molecule has 8 heteroatoms. The van der Waals surface area contributed by atoms with E-state index >= 15 is 0 Å². The SMILES string of the molecule is CCCCCC(=O)Nc1cc(S(=O)(=O)N2CCOCC2)ccc1N1CCCCCC1. The van der Waals surface area contributed by atoms with Crippen LogP contribution >= 0.6 is 0 Å². The Bertz CT molecular complexity index is 799. The molecule has 2 aliphatic heterocycles. The van der Waals surface area contributed by atoms with Crippen molar-refractivity contribution in [3.05, 3.63) is 18.2 Å². The normalized spacial score (nSPS) is 18.8. The molecular formula is C22H35N3O4S. The summed E-state index contributed by atoms with van der Waals surface area (Å²) in [6.45, 7) is 5.49. The monoisotopic (exact) mass is 437 g/mol. The van der Waals surface area contributed by atoms with Gasteiger partial charge in [0.25, 0.3) is 0 Å². The third-order valence-electron chi connectivity index (χ3n) is 5.80. The number of amides is 1. The summed E-state index contributed by atoms with van der Waals surface area (Å²) in [6, 6.07) is 5.18. The molecule has 0 aromatic heterocycles. The molecular weight excluding hydrogens is 402 g/mol. The van der Waals surface area contributed by atoms with Crippen molar-refractivity contribution in [2.45, 2.75) is 63.2 Å². The maximum atomic E-state index is 13.1. The fourth-order valence-electron chi connectivity index (χ4n) is 4.05. The Morgan fingerprint density at radius 2 is 1.73 bits per heavy atom. The number of sulfonamides is 1. The summed E-state index contributed by atoms with van der Waals surface area (Å²) in [4.78, 5) is 15.1. The third kappa shape index (κ3) is 5.95. The second-order valence-electron chi connectivity index (χ2n) is 8.10. The number of nitrogens with one attached hydrogen (secondary N) is 1. The molecule has 0 aliphatic carbocycles. The average molecular weight is 438 g/mol. The van der Waals surface area contributed by atoms with Gasteiger partial charge in [-0.1, -0.05) is 32.6 Å². The largest absolute Gasteiger partial charge is 0.379 e. The van der Waals surface area contributed by atoms with Crippen LogP contribution < -0.4 is 10.2 Å². The van der Waals surface area contributed by atoms with Gasteiger partial charge in [0, 0.05) is 32.6 Å². The highest BCUT2D eigenvalue weighted by atomic mass is 32.2. The number of anilines is 2. The highest BCUT2D eigenvalue weighted by Crippen LogP contribution is 2.32. The molecule has 0 atom stereocenters. The lowest BCUT2D eigenvalue weighted by molar-refractivity contribution is -0.116. The summed E-state index contributed by atoms with van der Waals surface area (Å²) in [5.74, 6) is -0.0551. The van der Waals surface area contributed by atoms with Crippen LogP contribution in [0.15, 0.2) is 23.1 Å². The molecule has 0 unspecified atom stereocenters. The van der Waals surface area contributed by atoms with Crippen LogP contribution in [0.3, 0.4) is 0 Å². The van der Waals surface area contributed by atoms with Gasteiger partial charge in [0.05, 0.1) is 29.5 Å². The zero-order chi connectivity index (χ0) is 21.4. The molecule has 3 rings (SSSR count). The van der Waals surface area contributed by atoms with Gasteiger partial charge in [-0.05, 0) is 37.5 Å². The number of benzene rings is 1. The summed E-state index contributed by atoms with van der Waals surface area (Å²) < 4.78 is 33.0. The van der Waals surface area contributed by atoms with E-state index in [0.29, 0.717) is 38.4 Å². The average Bonchev–Trinajstić information content (AvgIpc) is 3.04. The highest BCUT2D eigenvalue weighted by molar-refractivity contribution is 7.89. The maximum Gasteiger partial charge on any atom is 0.243 e. The summed E-state index contributed by atoms with van der Waals surface area (Å²) in [7, 11) is -3.61. The van der Waals surface area contributed by atoms with Crippen molar-refractivity contribution in [1.82, 2.24) is 4.31 Å². The Labute approximate surface area is 180 Å². The lowest BCUT2D eigenvalue weighted by atomic mass is 10.2. The van der Waals surface area contributed by atoms with E-state index in [-0.39, 0.29) is 10.8 Å². The Hall–Kier alpha value is -1.64. The van der Waals surface area contributed by atoms with Gasteiger partial charge in [0.15, 0.2) is 0 Å². The Morgan fingerprint density at radius 3 is 2.40 bits per heavy atom. The summed E-state index contributed by atoms with van der Waals surface area (Å²) >= 11 is 0. The third-order valence-corrected chi connectivity index (χ3v) is 7.70. The molecule has 0 spiro atoms. The van der Waals surface area contributed by atoms with Gasteiger partial charge in [-0.3, -0.25) is 4.79 Å². The molecule has 1 amide bonds. The predicted octanol–water partition coefficient (Wildman–Crippen LogP) is 3.61. The number of hydrogen-bond acceptors (Lipinski definition) is 5. The molecule has 0 radical (unpaired) electrons. The van der Waals surface area contributed by atoms with E-state index in [1.807, 2.05) is 6.07 Å². The van der Waals surface area contributed by atoms with Crippen LogP contribution in [0.4, 0.5) is 11.4 Å². The van der Waals surface area contributed by atoms with Crippen LogP contribution in [-0.2, 0) is 19.6 Å². The minimum Gasteiger partial charge on any atom is -0.379 e. The van der Waals surface area contributed by atoms with E-state index in [1.165, 1.54) is 17.1 Å². The van der Waals surface area contributed by atoms with E-state index in [4.69, 9.17) is 4.74 Å². The summed E-state index contributed by atoms with van der Waals surface area (Å²) in [5, 5.41) is 3.01. The van der Waals surface area contributed by atoms with Crippen LogP contribution in [0.25, 0.3) is 0 Å². The molecule has 7 nitrogen and oxygen atoms in total. The molecule has 0 saturated carbocycles. The highest BCUT2D eigenvalue weighted by Gasteiger charge is 2.28. The van der Waals surface area contributed by atoms with Gasteiger partial charge in [-0.2, -0.15) is 4.31 Å². The lowest BCUT2D eigenvalue weighted by Gasteiger charge is -2.28. The number of unbranched alkanes of at least 4 members (excludes halogenated alkanes) is 2. The van der Waals surface area contributed by atoms with E-state index < -0.39 is 10.0 Å². The van der Waals surface area contributed by atoms with Crippen molar-refractivity contribution in [3.63, 3.8) is 0 Å². The smallest absolute Gasteiger partial charge is 0.243 e. The van der Waals surface area contributed by atoms with E-state index in [9.17, 15) is 13.2 Å². The first-order valence-corrected chi connectivity index (χ1v) is 12.7. The molecule has 1 N–H and O–H groups in total. The fourth-order valence-corrected chi connectivity index (χ4v) is 5.48. The Kier molecular flexibility index (Phi) is 8.53. The molecule has 1 aromatic rings. The number of carbonyl (C=O) groups excluding carboxylic acids is 1. The number of nitrogens with zero attached hydrogens (tertiary/aromatic N) is 2. The molecule has 2 heterocycles. The van der Waals surface area contributed by atoms with Gasteiger partial charge >= 0.3 is 0 Å². The molecule has 0 bridgehead atoms. The Balaban J connectivity index is 1.87. The topological polar surface area (TPSA) is 79.0 Å². The summed E-state index contributed by atoms with van der Waals surface area (Å²) in [5.41, 5.74) is 1.52. The number of morpholine rings is 1. The first kappa shape index (κ1) is 23.0. The number of hydrogen-bond donors (Lipinski definition) is 1. The van der Waals surface area contributed by atoms with Gasteiger partial charge in [-0.15, -0.1) is 0 Å². The molecule has 2 aliphatic rings. The first-order chi connectivity index (χ1) is 14.5. The van der Waals surface area contributed by atoms with Crippen molar-refractivity contribution >= 4 is 27.3 Å². The van der Waals surface area contributed by atoms with Crippen molar-refractivity contribution in [2.75, 3.05) is 49.6 Å². The number of ether oxygens (including phenoxy) is 1. The quantitative estimate of drug-likeness (QED) is 0.629. The molecule has 1 aromatic carbocycles. The van der Waals surface area contributed by atoms with Crippen LogP contribution in [0.5, 0.6) is 0 Å². The first-order valence-electron chi connectivity index (χ1n) is 11.3. The van der Waals surface area contributed by atoms with Crippen molar-refractivity contribution < 1.29 is 17.9 Å². The number of carbonyl (C=O) groups is 1. The fraction of sp³-hybridized carbons (Fsp3) is 0.682. The molecule has 2 saturated heterocycles. The predicted molar refractivity (Wildman–Crippen MR) is 119 cm³/mol. The second kappa shape index (κ2) is 11.1. The van der Waals surface area contributed by atoms with Crippen molar-refractivity contribution in [2.24, 2.45) is 0 Å². The second-order valence-corrected chi connectivity index (χ2v) is 10.0. The van der Waals surface area contributed by atoms with Gasteiger partial charge in [0.1, 0.15) is 0 Å². The number of rotatable bonds is 8. The van der Waals surface area contributed by atoms with Gasteiger partial charge in [0.2, 0.25) is 15.9 Å². The van der Waals surface area contributed by atoms with E-state index in [2.05, 4.69) is 17.1 Å². The van der Waals surface area contributed by atoms with Crippen LogP contribution in [0.2, 0.25) is 0 Å². The van der Waals surface area contributed by atoms with E-state index in [0.717, 1.165) is 50.9 Å². The Morgan fingerprint density at radius 1 is 1.03 bits per heavy atom.